The van der Waals surface area contributed by atoms with E-state index in [1.165, 1.54) is 11.1 Å². The largest absolute Gasteiger partial charge is 0.301 e. The molecule has 2 aliphatic carbocycles. The Morgan fingerprint density at radius 2 is 1.70 bits per heavy atom. The lowest BCUT2D eigenvalue weighted by atomic mass is 9.95. The molecule has 2 nitrogen and oxygen atoms in total. The van der Waals surface area contributed by atoms with Crippen molar-refractivity contribution in [3.63, 3.8) is 0 Å². The summed E-state index contributed by atoms with van der Waals surface area (Å²) in [5.74, 6) is 0. The van der Waals surface area contributed by atoms with Crippen LogP contribution in [0.25, 0.3) is 11.1 Å². The zero-order valence-corrected chi connectivity index (χ0v) is 14.0. The van der Waals surface area contributed by atoms with E-state index in [-0.39, 0.29) is 0 Å². The second kappa shape index (κ2) is 6.07. The summed E-state index contributed by atoms with van der Waals surface area (Å²) in [6.45, 7) is 0. The summed E-state index contributed by atoms with van der Waals surface area (Å²) in [6, 6.07) is 18.6. The molecule has 1 aliphatic heterocycles. The van der Waals surface area contributed by atoms with Gasteiger partial charge in [-0.05, 0) is 34.7 Å². The van der Waals surface area contributed by atoms with Gasteiger partial charge < -0.3 is 4.90 Å². The molecule has 0 unspecified atom stereocenters. The predicted octanol–water partition coefficient (Wildman–Crippen LogP) is 5.99. The van der Waals surface area contributed by atoms with Crippen LogP contribution in [0.1, 0.15) is 6.42 Å². The molecule has 0 fully saturated rings. The average Bonchev–Trinajstić information content (AvgIpc) is 3.01. The molecule has 1 aromatic heterocycles. The monoisotopic (exact) mass is 334 g/mol. The zero-order valence-electron chi connectivity index (χ0n) is 12.3. The highest BCUT2D eigenvalue weighted by Gasteiger charge is 2.19. The van der Waals surface area contributed by atoms with Gasteiger partial charge in [0.15, 0.2) is 0 Å². The summed E-state index contributed by atoms with van der Waals surface area (Å²) in [4.78, 5) is 7.44. The fraction of sp³-hybridized carbons (Fsp3) is 0.0526. The molecular weight excluding hydrogens is 320 g/mol. The third kappa shape index (κ3) is 2.71. The molecule has 0 radical (unpaired) electrons. The molecule has 3 aliphatic rings. The van der Waals surface area contributed by atoms with Gasteiger partial charge in [0, 0.05) is 18.0 Å². The normalized spacial score (nSPS) is 13.7. The minimum Gasteiger partial charge on any atom is -0.301 e. The minimum atomic E-state index is 0.708. The minimum absolute atomic E-state index is 0.708. The number of thiophene rings is 1. The van der Waals surface area contributed by atoms with Crippen LogP contribution < -0.4 is 4.90 Å². The van der Waals surface area contributed by atoms with Gasteiger partial charge in [0.2, 0.25) is 0 Å². The number of nitrogens with zero attached hydrogens (tertiary/aromatic N) is 2. The van der Waals surface area contributed by atoms with Crippen LogP contribution in [0.4, 0.5) is 17.1 Å². The van der Waals surface area contributed by atoms with Crippen LogP contribution in [-0.2, 0) is 0 Å². The van der Waals surface area contributed by atoms with Gasteiger partial charge in [0.25, 0.3) is 0 Å². The van der Waals surface area contributed by atoms with Crippen molar-refractivity contribution in [1.82, 2.24) is 0 Å². The van der Waals surface area contributed by atoms with E-state index < -0.39 is 0 Å². The van der Waals surface area contributed by atoms with Gasteiger partial charge in [-0.15, -0.1) is 0 Å². The van der Waals surface area contributed by atoms with E-state index >= 15 is 0 Å². The molecule has 4 heteroatoms. The molecule has 0 bridgehead atoms. The molecule has 0 N–H and O–H groups in total. The van der Waals surface area contributed by atoms with Crippen molar-refractivity contribution in [2.45, 2.75) is 6.42 Å². The lowest BCUT2D eigenvalue weighted by Crippen LogP contribution is -2.22. The highest BCUT2D eigenvalue weighted by Crippen LogP contribution is 2.37. The van der Waals surface area contributed by atoms with Gasteiger partial charge in [-0.1, -0.05) is 48.6 Å². The topological polar surface area (TPSA) is 15.6 Å². The van der Waals surface area contributed by atoms with Crippen molar-refractivity contribution >= 4 is 51.8 Å². The van der Waals surface area contributed by atoms with Crippen LogP contribution in [0.3, 0.4) is 0 Å². The number of aliphatic imine (C=N–C) groups is 1. The number of rotatable bonds is 1. The number of fused-ring (bicyclic) bond motifs is 2. The number of benzene rings is 2. The Labute approximate surface area is 144 Å². The van der Waals surface area contributed by atoms with Crippen molar-refractivity contribution in [3.8, 4) is 11.1 Å². The van der Waals surface area contributed by atoms with E-state index in [9.17, 15) is 0 Å². The zero-order chi connectivity index (χ0) is 15.6. The molecule has 2 aromatic rings. The molecule has 0 atom stereocenters. The molecule has 0 amide bonds. The number of hydrogen-bond acceptors (Lipinski definition) is 3. The fourth-order valence-corrected chi connectivity index (χ4v) is 3.44. The number of thiocarbonyl (C=S) groups is 1. The molecule has 2 heterocycles. The summed E-state index contributed by atoms with van der Waals surface area (Å²) < 4.78 is 0. The van der Waals surface area contributed by atoms with Crippen molar-refractivity contribution in [2.75, 3.05) is 4.90 Å². The quantitative estimate of drug-likeness (QED) is 0.398. The van der Waals surface area contributed by atoms with Gasteiger partial charge in [0.05, 0.1) is 22.1 Å². The Kier molecular flexibility index (Phi) is 3.77. The third-order valence-electron chi connectivity index (χ3n) is 3.85. The Hall–Kier alpha value is -2.30. The molecule has 23 heavy (non-hydrogen) atoms. The SMILES string of the molecule is S=C1CC=Nc2ccccc2N1c1ccsc1.c1cc2ccc1-2. The van der Waals surface area contributed by atoms with Crippen LogP contribution in [0.15, 0.2) is 70.3 Å². The number of para-hydroxylation sites is 2. The van der Waals surface area contributed by atoms with E-state index in [1.54, 1.807) is 11.3 Å². The first kappa shape index (κ1) is 14.3. The summed E-state index contributed by atoms with van der Waals surface area (Å²) >= 11 is 7.15. The van der Waals surface area contributed by atoms with Crippen molar-refractivity contribution in [3.05, 3.63) is 65.4 Å². The second-order valence-electron chi connectivity index (χ2n) is 5.29. The van der Waals surface area contributed by atoms with E-state index in [0.717, 1.165) is 22.1 Å². The highest BCUT2D eigenvalue weighted by molar-refractivity contribution is 7.80. The third-order valence-corrected chi connectivity index (χ3v) is 4.87. The van der Waals surface area contributed by atoms with Crippen LogP contribution in [0.5, 0.6) is 0 Å². The van der Waals surface area contributed by atoms with Crippen LogP contribution in [0, 0.1) is 0 Å². The Morgan fingerprint density at radius 3 is 2.30 bits per heavy atom. The smallest absolute Gasteiger partial charge is 0.0924 e. The first-order chi connectivity index (χ1) is 11.3. The Bertz CT molecular complexity index is 844. The van der Waals surface area contributed by atoms with Crippen LogP contribution in [0.2, 0.25) is 0 Å². The molecule has 0 spiro atoms. The van der Waals surface area contributed by atoms with Gasteiger partial charge in [-0.3, -0.25) is 4.99 Å². The molecule has 112 valence electrons. The standard InChI is InChI=1S/C13H10N2S2.C6H4/c16-13-5-7-14-11-3-1-2-4-12(11)15(13)10-6-8-17-9-10;1-2-6-4-3-5(1)6/h1-4,6-9H,5H2;1-4H. The first-order valence-corrected chi connectivity index (χ1v) is 8.75. The molecule has 0 saturated carbocycles. The van der Waals surface area contributed by atoms with Gasteiger partial charge in [0.1, 0.15) is 0 Å². The van der Waals surface area contributed by atoms with Crippen LogP contribution in [-0.4, -0.2) is 11.2 Å². The maximum absolute atomic E-state index is 5.48. The van der Waals surface area contributed by atoms with Gasteiger partial charge in [-0.2, -0.15) is 11.3 Å². The predicted molar refractivity (Wildman–Crippen MR) is 104 cm³/mol. The number of anilines is 2. The Balaban J connectivity index is 0.000000186. The number of hydrogen-bond donors (Lipinski definition) is 0. The average molecular weight is 334 g/mol. The molecule has 1 aromatic carbocycles. The maximum Gasteiger partial charge on any atom is 0.0924 e. The van der Waals surface area contributed by atoms with Gasteiger partial charge >= 0.3 is 0 Å². The van der Waals surface area contributed by atoms with Gasteiger partial charge in [-0.25, -0.2) is 0 Å². The summed E-state index contributed by atoms with van der Waals surface area (Å²) in [7, 11) is 0. The van der Waals surface area contributed by atoms with E-state index in [1.807, 2.05) is 24.4 Å². The first-order valence-electron chi connectivity index (χ1n) is 7.40. The summed E-state index contributed by atoms with van der Waals surface area (Å²) in [5.41, 5.74) is 6.01. The lowest BCUT2D eigenvalue weighted by Gasteiger charge is -2.23. The second-order valence-corrected chi connectivity index (χ2v) is 6.54. The molecule has 5 rings (SSSR count). The van der Waals surface area contributed by atoms with Crippen molar-refractivity contribution in [1.29, 1.82) is 0 Å². The molecular formula is C19H14N2S2. The van der Waals surface area contributed by atoms with E-state index in [2.05, 4.69) is 57.1 Å². The lowest BCUT2D eigenvalue weighted by molar-refractivity contribution is 1.36. The fourth-order valence-electron chi connectivity index (χ4n) is 2.54. The van der Waals surface area contributed by atoms with E-state index in [4.69, 9.17) is 12.2 Å². The van der Waals surface area contributed by atoms with E-state index in [0.29, 0.717) is 6.42 Å². The summed E-state index contributed by atoms with van der Waals surface area (Å²) in [5, 5.41) is 4.17. The van der Waals surface area contributed by atoms with Crippen molar-refractivity contribution < 1.29 is 0 Å². The van der Waals surface area contributed by atoms with Crippen molar-refractivity contribution in [2.24, 2.45) is 4.99 Å². The highest BCUT2D eigenvalue weighted by atomic mass is 32.1. The summed E-state index contributed by atoms with van der Waals surface area (Å²) in [6.07, 6.45) is 2.59. The molecule has 0 saturated heterocycles. The Morgan fingerprint density at radius 1 is 0.957 bits per heavy atom. The van der Waals surface area contributed by atoms with Crippen LogP contribution >= 0.6 is 23.6 Å². The maximum atomic E-state index is 5.48.